The van der Waals surface area contributed by atoms with Crippen molar-refractivity contribution in [1.82, 2.24) is 0 Å². The second-order valence-electron chi connectivity index (χ2n) is 2.69. The highest BCUT2D eigenvalue weighted by atomic mass is 79.9. The van der Waals surface area contributed by atoms with Gasteiger partial charge in [-0.1, -0.05) is 0 Å². The molecule has 0 aliphatic carbocycles. The molecule has 1 rings (SSSR count). The number of allylic oxidation sites excluding steroid dienone is 3. The quantitative estimate of drug-likeness (QED) is 0.408. The summed E-state index contributed by atoms with van der Waals surface area (Å²) in [4.78, 5) is 0. The third-order valence-electron chi connectivity index (χ3n) is 1.71. The maximum Gasteiger partial charge on any atom is 0.110 e. The Labute approximate surface area is 67.0 Å². The number of hydrogen-bond acceptors (Lipinski definition) is 0. The molecular formula is C7H12BrN. The Morgan fingerprint density at radius 3 is 2.00 bits per heavy atom. The highest BCUT2D eigenvalue weighted by Gasteiger charge is 2.16. The fourth-order valence-electron chi connectivity index (χ4n) is 0.707. The Balaban J connectivity index is 0.000000640. The predicted octanol–water partition coefficient (Wildman–Crippen LogP) is -1.50. The van der Waals surface area contributed by atoms with Crippen LogP contribution in [0.2, 0.25) is 0 Å². The fraction of sp³-hybridized carbons (Fsp3) is 0.429. The number of rotatable bonds is 0. The van der Waals surface area contributed by atoms with Crippen LogP contribution in [0.1, 0.15) is 6.92 Å². The van der Waals surface area contributed by atoms with Crippen LogP contribution in [0.4, 0.5) is 0 Å². The average molecular weight is 190 g/mol. The van der Waals surface area contributed by atoms with Crippen LogP contribution in [0.25, 0.3) is 0 Å². The first-order valence-corrected chi connectivity index (χ1v) is 2.83. The minimum absolute atomic E-state index is 0. The minimum atomic E-state index is 0. The highest BCUT2D eigenvalue weighted by molar-refractivity contribution is 5.10. The molecule has 9 heavy (non-hydrogen) atoms. The van der Waals surface area contributed by atoms with Crippen LogP contribution in [0, 0.1) is 0 Å². The normalized spacial score (nSPS) is 21.0. The average Bonchev–Trinajstić information content (AvgIpc) is 1.86. The molecule has 0 spiro atoms. The summed E-state index contributed by atoms with van der Waals surface area (Å²) in [5, 5.41) is 0. The van der Waals surface area contributed by atoms with Crippen molar-refractivity contribution >= 4 is 0 Å². The first kappa shape index (κ1) is 8.92. The lowest BCUT2D eigenvalue weighted by Crippen LogP contribution is -3.00. The molecule has 0 saturated carbocycles. The number of quaternary nitrogens is 1. The molecule has 0 unspecified atom stereocenters. The van der Waals surface area contributed by atoms with Crippen molar-refractivity contribution in [2.24, 2.45) is 0 Å². The van der Waals surface area contributed by atoms with E-state index >= 15 is 0 Å². The number of hydrogen-bond donors (Lipinski definition) is 0. The van der Waals surface area contributed by atoms with Gasteiger partial charge in [0.2, 0.25) is 0 Å². The van der Waals surface area contributed by atoms with E-state index < -0.39 is 0 Å². The van der Waals surface area contributed by atoms with Crippen LogP contribution in [0.3, 0.4) is 0 Å². The zero-order chi connectivity index (χ0) is 6.20. The maximum atomic E-state index is 2.16. The first-order valence-electron chi connectivity index (χ1n) is 2.83. The summed E-state index contributed by atoms with van der Waals surface area (Å²) in [6, 6.07) is 0. The van der Waals surface area contributed by atoms with Crippen LogP contribution in [0.5, 0.6) is 0 Å². The van der Waals surface area contributed by atoms with E-state index in [0.717, 1.165) is 4.48 Å². The van der Waals surface area contributed by atoms with Gasteiger partial charge in [0.1, 0.15) is 11.9 Å². The molecule has 2 heteroatoms. The molecular weight excluding hydrogens is 178 g/mol. The minimum Gasteiger partial charge on any atom is -1.00 e. The van der Waals surface area contributed by atoms with Gasteiger partial charge < -0.3 is 17.0 Å². The second kappa shape index (κ2) is 2.67. The van der Waals surface area contributed by atoms with E-state index in [1.54, 1.807) is 0 Å². The summed E-state index contributed by atoms with van der Waals surface area (Å²) in [6.45, 7) is 2.14. The molecule has 0 fully saturated rings. The first-order chi connectivity index (χ1) is 3.63. The summed E-state index contributed by atoms with van der Waals surface area (Å²) >= 11 is 0. The van der Waals surface area contributed by atoms with Crippen molar-refractivity contribution in [3.8, 4) is 0 Å². The molecule has 1 nitrogen and oxygen atoms in total. The monoisotopic (exact) mass is 189 g/mol. The molecule has 1 aliphatic rings. The maximum absolute atomic E-state index is 2.16. The van der Waals surface area contributed by atoms with Crippen LogP contribution >= 0.6 is 0 Å². The standard InChI is InChI=1S/C7H12N.BrH/c1-7-5-4-6-8(7,2)3;/h4-6H,1-3H3;1H/q+1;/p-1. The highest BCUT2D eigenvalue weighted by Crippen LogP contribution is 2.16. The van der Waals surface area contributed by atoms with Crippen molar-refractivity contribution in [1.29, 1.82) is 0 Å². The molecule has 0 bridgehead atoms. The van der Waals surface area contributed by atoms with Crippen molar-refractivity contribution in [3.05, 3.63) is 24.0 Å². The Morgan fingerprint density at radius 2 is 1.89 bits per heavy atom. The Hall–Kier alpha value is -0.0800. The third kappa shape index (κ3) is 1.66. The van der Waals surface area contributed by atoms with Gasteiger partial charge in [-0.2, -0.15) is 0 Å². The van der Waals surface area contributed by atoms with E-state index in [1.165, 1.54) is 5.70 Å². The van der Waals surface area contributed by atoms with Crippen LogP contribution < -0.4 is 17.0 Å². The topological polar surface area (TPSA) is 0 Å². The third-order valence-corrected chi connectivity index (χ3v) is 1.71. The molecule has 0 aromatic carbocycles. The van der Waals surface area contributed by atoms with Crippen molar-refractivity contribution < 1.29 is 21.5 Å². The zero-order valence-electron chi connectivity index (χ0n) is 6.06. The molecule has 0 atom stereocenters. The number of halogens is 1. The van der Waals surface area contributed by atoms with Crippen LogP contribution in [0.15, 0.2) is 24.0 Å². The lowest BCUT2D eigenvalue weighted by Gasteiger charge is -2.20. The smallest absolute Gasteiger partial charge is 0.110 e. The van der Waals surface area contributed by atoms with E-state index in [-0.39, 0.29) is 17.0 Å². The van der Waals surface area contributed by atoms with Crippen LogP contribution in [-0.2, 0) is 0 Å². The SMILES string of the molecule is CC1=CC=C[N+]1(C)C.[Br-]. The lowest BCUT2D eigenvalue weighted by atomic mass is 10.4. The second-order valence-corrected chi connectivity index (χ2v) is 2.69. The fourth-order valence-corrected chi connectivity index (χ4v) is 0.707. The molecule has 0 radical (unpaired) electrons. The van der Waals surface area contributed by atoms with Crippen molar-refractivity contribution in [2.45, 2.75) is 6.92 Å². The molecule has 52 valence electrons. The molecule has 0 N–H and O–H groups in total. The zero-order valence-corrected chi connectivity index (χ0v) is 7.64. The summed E-state index contributed by atoms with van der Waals surface area (Å²) < 4.78 is 0.917. The summed E-state index contributed by atoms with van der Waals surface area (Å²) in [7, 11) is 4.32. The molecule has 0 aromatic heterocycles. The Morgan fingerprint density at radius 1 is 1.33 bits per heavy atom. The van der Waals surface area contributed by atoms with E-state index in [9.17, 15) is 0 Å². The summed E-state index contributed by atoms with van der Waals surface area (Å²) in [6.07, 6.45) is 6.39. The van der Waals surface area contributed by atoms with Gasteiger partial charge in [0, 0.05) is 6.92 Å². The van der Waals surface area contributed by atoms with Crippen molar-refractivity contribution in [2.75, 3.05) is 14.1 Å². The molecule has 0 saturated heterocycles. The van der Waals surface area contributed by atoms with Gasteiger partial charge in [-0.3, -0.25) is 4.48 Å². The lowest BCUT2D eigenvalue weighted by molar-refractivity contribution is -0.795. The van der Waals surface area contributed by atoms with Gasteiger partial charge >= 0.3 is 0 Å². The predicted molar refractivity (Wildman–Crippen MR) is 35.0 cm³/mol. The van der Waals surface area contributed by atoms with Gasteiger partial charge in [-0.05, 0) is 12.2 Å². The van der Waals surface area contributed by atoms with E-state index in [2.05, 4.69) is 39.4 Å². The van der Waals surface area contributed by atoms with E-state index in [0.29, 0.717) is 0 Å². The Kier molecular flexibility index (Phi) is 2.65. The molecule has 0 amide bonds. The largest absolute Gasteiger partial charge is 1.00 e. The van der Waals surface area contributed by atoms with Gasteiger partial charge in [0.15, 0.2) is 0 Å². The summed E-state index contributed by atoms with van der Waals surface area (Å²) in [5.74, 6) is 0. The van der Waals surface area contributed by atoms with Crippen LogP contribution in [-0.4, -0.2) is 18.6 Å². The molecule has 1 heterocycles. The Bertz CT molecular complexity index is 156. The van der Waals surface area contributed by atoms with Gasteiger partial charge in [-0.15, -0.1) is 0 Å². The summed E-state index contributed by atoms with van der Waals surface area (Å²) in [5.41, 5.74) is 1.39. The van der Waals surface area contributed by atoms with E-state index in [1.807, 2.05) is 0 Å². The van der Waals surface area contributed by atoms with Gasteiger partial charge in [0.05, 0.1) is 14.1 Å². The van der Waals surface area contributed by atoms with E-state index in [4.69, 9.17) is 0 Å². The molecule has 0 aromatic rings. The molecule has 1 aliphatic heterocycles. The van der Waals surface area contributed by atoms with Gasteiger partial charge in [-0.25, -0.2) is 0 Å². The van der Waals surface area contributed by atoms with Gasteiger partial charge in [0.25, 0.3) is 0 Å². The van der Waals surface area contributed by atoms with Crippen molar-refractivity contribution in [3.63, 3.8) is 0 Å². The number of nitrogens with zero attached hydrogens (tertiary/aromatic N) is 1.